The Hall–Kier alpha value is -4.04. The Labute approximate surface area is 123 Å². The first-order chi connectivity index (χ1) is 10.7. The predicted molar refractivity (Wildman–Crippen MR) is 68.0 cm³/mol. The second-order valence-corrected chi connectivity index (χ2v) is 3.85. The lowest BCUT2D eigenvalue weighted by Gasteiger charge is -1.99. The van der Waals surface area contributed by atoms with Gasteiger partial charge in [-0.15, -0.1) is 0 Å². The summed E-state index contributed by atoms with van der Waals surface area (Å²) in [7, 11) is 0. The molecule has 0 aliphatic carbocycles. The van der Waals surface area contributed by atoms with E-state index in [9.17, 15) is 40.5 Å². The molecular formula is C8H3N7O8. The first-order valence-corrected chi connectivity index (χ1v) is 5.40. The summed E-state index contributed by atoms with van der Waals surface area (Å²) >= 11 is 0. The molecule has 0 amide bonds. The zero-order chi connectivity index (χ0) is 17.3. The van der Waals surface area contributed by atoms with Crippen LogP contribution < -0.4 is 0 Å². The Bertz CT molecular complexity index is 858. The Kier molecular flexibility index (Phi) is 3.60. The summed E-state index contributed by atoms with van der Waals surface area (Å²) in [6, 6.07) is 0.341. The molecule has 0 saturated heterocycles. The van der Waals surface area contributed by atoms with Crippen LogP contribution in [0.3, 0.4) is 0 Å². The molecule has 0 bridgehead atoms. The lowest BCUT2D eigenvalue weighted by atomic mass is 10.3. The van der Waals surface area contributed by atoms with E-state index >= 15 is 0 Å². The van der Waals surface area contributed by atoms with Crippen LogP contribution in [0.4, 0.5) is 22.9 Å². The molecule has 118 valence electrons. The lowest BCUT2D eigenvalue weighted by Crippen LogP contribution is -2.08. The number of pyridine rings is 1. The van der Waals surface area contributed by atoms with Gasteiger partial charge in [0.15, 0.2) is 0 Å². The average molecular weight is 325 g/mol. The Morgan fingerprint density at radius 2 is 1.48 bits per heavy atom. The molecule has 0 saturated carbocycles. The molecule has 0 aliphatic rings. The normalized spacial score (nSPS) is 10.3. The van der Waals surface area contributed by atoms with Crippen LogP contribution in [0.5, 0.6) is 0 Å². The molecular weight excluding hydrogens is 322 g/mol. The SMILES string of the molecule is O=[N+]([O-])c1cnn(-c2nc([N+](=O)[O-])c([N+](=O)[O-])cc2[N+](=O)[O-])c1. The Balaban J connectivity index is 2.77. The highest BCUT2D eigenvalue weighted by atomic mass is 16.6. The highest BCUT2D eigenvalue weighted by molar-refractivity contribution is 5.60. The van der Waals surface area contributed by atoms with Crippen molar-refractivity contribution in [2.45, 2.75) is 0 Å². The molecule has 0 spiro atoms. The molecule has 0 aromatic carbocycles. The molecule has 2 aromatic heterocycles. The Morgan fingerprint density at radius 3 is 1.91 bits per heavy atom. The van der Waals surface area contributed by atoms with Crippen molar-refractivity contribution >= 4 is 22.9 Å². The van der Waals surface area contributed by atoms with Gasteiger partial charge in [0.1, 0.15) is 18.5 Å². The van der Waals surface area contributed by atoms with Crippen molar-refractivity contribution in [1.82, 2.24) is 14.8 Å². The van der Waals surface area contributed by atoms with Gasteiger partial charge in [-0.3, -0.25) is 30.3 Å². The largest absolute Gasteiger partial charge is 0.445 e. The van der Waals surface area contributed by atoms with E-state index < -0.39 is 48.4 Å². The third-order valence-corrected chi connectivity index (χ3v) is 2.51. The van der Waals surface area contributed by atoms with Crippen molar-refractivity contribution in [2.24, 2.45) is 0 Å². The van der Waals surface area contributed by atoms with Gasteiger partial charge < -0.3 is 10.1 Å². The smallest absolute Gasteiger partial charge is 0.358 e. The van der Waals surface area contributed by atoms with Gasteiger partial charge in [0.25, 0.3) is 0 Å². The van der Waals surface area contributed by atoms with Gasteiger partial charge in [-0.2, -0.15) is 9.78 Å². The first-order valence-electron chi connectivity index (χ1n) is 5.40. The minimum absolute atomic E-state index is 0.341. The average Bonchev–Trinajstić information content (AvgIpc) is 2.95. The van der Waals surface area contributed by atoms with E-state index in [4.69, 9.17) is 0 Å². The Morgan fingerprint density at radius 1 is 0.870 bits per heavy atom. The van der Waals surface area contributed by atoms with E-state index in [0.717, 1.165) is 12.4 Å². The van der Waals surface area contributed by atoms with Crippen molar-refractivity contribution in [3.05, 3.63) is 58.9 Å². The molecule has 0 N–H and O–H groups in total. The van der Waals surface area contributed by atoms with Crippen molar-refractivity contribution in [3.63, 3.8) is 0 Å². The predicted octanol–water partition coefficient (Wildman–Crippen LogP) is 0.900. The van der Waals surface area contributed by atoms with Crippen LogP contribution in [0.15, 0.2) is 18.5 Å². The van der Waals surface area contributed by atoms with Gasteiger partial charge in [0, 0.05) is 0 Å². The third kappa shape index (κ3) is 2.73. The summed E-state index contributed by atoms with van der Waals surface area (Å²) in [5.74, 6) is -2.02. The number of hydrogen-bond acceptors (Lipinski definition) is 10. The number of nitrogens with zero attached hydrogens (tertiary/aromatic N) is 7. The molecule has 0 atom stereocenters. The van der Waals surface area contributed by atoms with Crippen molar-refractivity contribution in [3.8, 4) is 5.82 Å². The van der Waals surface area contributed by atoms with Crippen LogP contribution in [0.1, 0.15) is 0 Å². The maximum atomic E-state index is 11.0. The van der Waals surface area contributed by atoms with Gasteiger partial charge in [0.05, 0.1) is 14.8 Å². The topological polar surface area (TPSA) is 203 Å². The van der Waals surface area contributed by atoms with Crippen LogP contribution in [-0.4, -0.2) is 34.5 Å². The first kappa shape index (κ1) is 15.4. The fraction of sp³-hybridized carbons (Fsp3) is 0. The van der Waals surface area contributed by atoms with E-state index in [0.29, 0.717) is 10.7 Å². The van der Waals surface area contributed by atoms with E-state index in [1.165, 1.54) is 0 Å². The van der Waals surface area contributed by atoms with Crippen LogP contribution in [0.2, 0.25) is 0 Å². The number of hydrogen-bond donors (Lipinski definition) is 0. The molecule has 2 aromatic rings. The molecule has 15 heteroatoms. The standard InChI is InChI=1S/C8H3N7O8/c16-12(17)4-2-9-11(3-4)7-5(13(18)19)1-6(14(20)21)8(10-7)15(22)23/h1-3H. The monoisotopic (exact) mass is 325 g/mol. The fourth-order valence-electron chi connectivity index (χ4n) is 1.57. The quantitative estimate of drug-likeness (QED) is 0.560. The maximum Gasteiger partial charge on any atom is 0.445 e. The van der Waals surface area contributed by atoms with E-state index in [2.05, 4.69) is 10.1 Å². The summed E-state index contributed by atoms with van der Waals surface area (Å²) in [4.78, 5) is 42.1. The number of rotatable bonds is 5. The number of nitro groups is 4. The minimum atomic E-state index is -1.26. The molecule has 0 aliphatic heterocycles. The van der Waals surface area contributed by atoms with E-state index in [1.807, 2.05) is 0 Å². The summed E-state index contributed by atoms with van der Waals surface area (Å²) in [6.07, 6.45) is 1.46. The third-order valence-electron chi connectivity index (χ3n) is 2.51. The van der Waals surface area contributed by atoms with E-state index in [1.54, 1.807) is 0 Å². The molecule has 23 heavy (non-hydrogen) atoms. The summed E-state index contributed by atoms with van der Waals surface area (Å²) in [5.41, 5.74) is -2.71. The highest BCUT2D eigenvalue weighted by Gasteiger charge is 2.36. The van der Waals surface area contributed by atoms with Crippen LogP contribution in [-0.2, 0) is 0 Å². The summed E-state index contributed by atoms with van der Waals surface area (Å²) < 4.78 is 0.549. The summed E-state index contributed by atoms with van der Waals surface area (Å²) in [5, 5.41) is 46.6. The molecule has 15 nitrogen and oxygen atoms in total. The van der Waals surface area contributed by atoms with Crippen LogP contribution >= 0.6 is 0 Å². The van der Waals surface area contributed by atoms with E-state index in [-0.39, 0.29) is 0 Å². The maximum absolute atomic E-state index is 11.0. The van der Waals surface area contributed by atoms with Gasteiger partial charge in [0.2, 0.25) is 0 Å². The zero-order valence-corrected chi connectivity index (χ0v) is 10.6. The fourth-order valence-corrected chi connectivity index (χ4v) is 1.57. The van der Waals surface area contributed by atoms with Crippen molar-refractivity contribution in [1.29, 1.82) is 0 Å². The lowest BCUT2D eigenvalue weighted by molar-refractivity contribution is -0.427. The van der Waals surface area contributed by atoms with Gasteiger partial charge >= 0.3 is 28.7 Å². The summed E-state index contributed by atoms with van der Waals surface area (Å²) in [6.45, 7) is 0. The molecule has 2 rings (SSSR count). The number of aromatic nitrogens is 3. The molecule has 0 unspecified atom stereocenters. The highest BCUT2D eigenvalue weighted by Crippen LogP contribution is 2.33. The molecule has 0 radical (unpaired) electrons. The molecule has 2 heterocycles. The van der Waals surface area contributed by atoms with Gasteiger partial charge in [-0.05, 0) is 9.91 Å². The van der Waals surface area contributed by atoms with Crippen molar-refractivity contribution < 1.29 is 19.7 Å². The van der Waals surface area contributed by atoms with Gasteiger partial charge in [-0.25, -0.2) is 0 Å². The zero-order valence-electron chi connectivity index (χ0n) is 10.6. The van der Waals surface area contributed by atoms with Gasteiger partial charge in [-0.1, -0.05) is 0 Å². The van der Waals surface area contributed by atoms with Crippen molar-refractivity contribution in [2.75, 3.05) is 0 Å². The second kappa shape index (κ2) is 5.39. The van der Waals surface area contributed by atoms with Crippen LogP contribution in [0, 0.1) is 40.5 Å². The minimum Gasteiger partial charge on any atom is -0.358 e. The second-order valence-electron chi connectivity index (χ2n) is 3.85. The van der Waals surface area contributed by atoms with Crippen LogP contribution in [0.25, 0.3) is 5.82 Å². The molecule has 0 fully saturated rings.